The van der Waals surface area contributed by atoms with Gasteiger partial charge in [-0.1, -0.05) is 11.6 Å². The predicted octanol–water partition coefficient (Wildman–Crippen LogP) is 0.582. The Morgan fingerprint density at radius 2 is 1.43 bits per heavy atom. The number of halogens is 1. The minimum Gasteiger partial charge on any atom is -0.759 e. The van der Waals surface area contributed by atoms with Gasteiger partial charge in [0.25, 0.3) is 0 Å². The van der Waals surface area contributed by atoms with Gasteiger partial charge in [0.1, 0.15) is 0 Å². The summed E-state index contributed by atoms with van der Waals surface area (Å²) >= 11 is 5.56. The molecule has 0 spiro atoms. The van der Waals surface area contributed by atoms with Crippen LogP contribution in [0.5, 0.6) is 0 Å². The van der Waals surface area contributed by atoms with Gasteiger partial charge in [0.15, 0.2) is 0 Å². The maximum absolute atomic E-state index is 8.52. The van der Waals surface area contributed by atoms with Crippen LogP contribution in [0, 0.1) is 0 Å². The van der Waals surface area contributed by atoms with Crippen molar-refractivity contribution < 1.29 is 37.0 Å². The zero-order valence-corrected chi connectivity index (χ0v) is 11.6. The third-order valence-electron chi connectivity index (χ3n) is 0.870. The van der Waals surface area contributed by atoms with Crippen molar-refractivity contribution in [2.75, 3.05) is 5.73 Å². The smallest absolute Gasteiger partial charge is 0.759 e. The number of hydrogen-bond acceptors (Lipinski definition) is 5. The molecule has 14 heavy (non-hydrogen) atoms. The largest absolute Gasteiger partial charge is 2.00 e. The van der Waals surface area contributed by atoms with Crippen molar-refractivity contribution in [3.8, 4) is 0 Å². The predicted molar refractivity (Wildman–Crippen MR) is 46.3 cm³/mol. The van der Waals surface area contributed by atoms with E-state index in [1.165, 1.54) is 0 Å². The summed E-state index contributed by atoms with van der Waals surface area (Å²) in [7, 11) is -5.17. The average molecular weight is 289 g/mol. The van der Waals surface area contributed by atoms with E-state index in [1.807, 2.05) is 0 Å². The van der Waals surface area contributed by atoms with Gasteiger partial charge in [-0.3, -0.25) is 8.42 Å². The second-order valence-corrected chi connectivity index (χ2v) is 3.21. The monoisotopic (exact) mass is 287 g/mol. The van der Waals surface area contributed by atoms with Gasteiger partial charge in [0.05, 0.1) is 0 Å². The van der Waals surface area contributed by atoms with Crippen LogP contribution in [0.4, 0.5) is 5.69 Å². The summed E-state index contributed by atoms with van der Waals surface area (Å²) in [6.45, 7) is 0. The number of hydrogen-bond donors (Lipinski definition) is 1. The van der Waals surface area contributed by atoms with Crippen molar-refractivity contribution >= 4 is 27.7 Å². The average Bonchev–Trinajstić information content (AvgIpc) is 1.92. The van der Waals surface area contributed by atoms with E-state index < -0.39 is 10.4 Å². The number of nitrogen functional groups attached to an aromatic ring is 1. The Morgan fingerprint density at radius 1 is 1.14 bits per heavy atom. The van der Waals surface area contributed by atoms with Gasteiger partial charge < -0.3 is 14.8 Å². The van der Waals surface area contributed by atoms with Gasteiger partial charge in [-0.05, 0) is 24.3 Å². The molecule has 0 unspecified atom stereocenters. The molecule has 0 aliphatic rings. The van der Waals surface area contributed by atoms with Crippen molar-refractivity contribution in [1.82, 2.24) is 0 Å². The van der Waals surface area contributed by atoms with Crippen LogP contribution in [0.1, 0.15) is 0 Å². The van der Waals surface area contributed by atoms with Crippen LogP contribution < -0.4 is 5.73 Å². The summed E-state index contributed by atoms with van der Waals surface area (Å²) in [5, 5.41) is 0.721. The fourth-order valence-corrected chi connectivity index (χ4v) is 0.589. The molecule has 0 atom stereocenters. The third kappa shape index (κ3) is 14.3. The fraction of sp³-hybridized carbons (Fsp3) is 0. The van der Waals surface area contributed by atoms with Crippen LogP contribution >= 0.6 is 11.6 Å². The normalized spacial score (nSPS) is 9.36. The van der Waals surface area contributed by atoms with Gasteiger partial charge in [0.2, 0.25) is 0 Å². The summed E-state index contributed by atoms with van der Waals surface area (Å²) in [5.74, 6) is 0. The maximum Gasteiger partial charge on any atom is 2.00 e. The minimum absolute atomic E-state index is 0. The van der Waals surface area contributed by atoms with E-state index in [-0.39, 0.29) is 19.5 Å². The Labute approximate surface area is 99.6 Å². The van der Waals surface area contributed by atoms with Crippen molar-refractivity contribution in [2.24, 2.45) is 0 Å². The van der Waals surface area contributed by atoms with Crippen LogP contribution in [0.2, 0.25) is 5.02 Å². The molecule has 0 radical (unpaired) electrons. The van der Waals surface area contributed by atoms with E-state index in [0.29, 0.717) is 0 Å². The fourth-order valence-electron chi connectivity index (χ4n) is 0.463. The van der Waals surface area contributed by atoms with Gasteiger partial charge in [-0.25, -0.2) is 0 Å². The standard InChI is InChI=1S/C6H6ClN.H2O4S.Zn/c7-5-1-3-6(8)4-2-5;1-5(2,3)4;/h1-4H,8H2;(H2,1,2,3,4);/q;;+2/p-2. The Balaban J connectivity index is 0. The molecule has 8 heteroatoms. The van der Waals surface area contributed by atoms with Gasteiger partial charge in [-0.2, -0.15) is 0 Å². The molecule has 0 fully saturated rings. The summed E-state index contributed by atoms with van der Waals surface area (Å²) < 4.78 is 34.1. The molecule has 0 aromatic heterocycles. The molecular weight excluding hydrogens is 283 g/mol. The molecule has 0 aliphatic heterocycles. The summed E-state index contributed by atoms with van der Waals surface area (Å²) in [6.07, 6.45) is 0. The van der Waals surface area contributed by atoms with E-state index in [4.69, 9.17) is 34.9 Å². The molecule has 1 rings (SSSR count). The van der Waals surface area contributed by atoms with E-state index in [0.717, 1.165) is 10.7 Å². The SMILES string of the molecule is Nc1ccc(Cl)cc1.O=S(=O)([O-])[O-].[Zn+2]. The van der Waals surface area contributed by atoms with Crippen LogP contribution in [0.25, 0.3) is 0 Å². The second kappa shape index (κ2) is 7.14. The van der Waals surface area contributed by atoms with Crippen LogP contribution in [0.3, 0.4) is 0 Å². The molecule has 0 bridgehead atoms. The molecule has 0 saturated carbocycles. The van der Waals surface area contributed by atoms with E-state index >= 15 is 0 Å². The molecule has 1 aromatic rings. The van der Waals surface area contributed by atoms with E-state index in [2.05, 4.69) is 0 Å². The number of nitrogens with two attached hydrogens (primary N) is 1. The Morgan fingerprint density at radius 3 is 1.64 bits per heavy atom. The van der Waals surface area contributed by atoms with Crippen LogP contribution in [-0.2, 0) is 29.9 Å². The first-order valence-corrected chi connectivity index (χ1v) is 4.68. The summed E-state index contributed by atoms with van der Waals surface area (Å²) in [5.41, 5.74) is 6.11. The van der Waals surface area contributed by atoms with Gasteiger partial charge >= 0.3 is 19.5 Å². The first kappa shape index (κ1) is 16.2. The molecule has 0 saturated heterocycles. The molecule has 74 valence electrons. The zero-order valence-electron chi connectivity index (χ0n) is 7.01. The second-order valence-electron chi connectivity index (χ2n) is 1.96. The topological polar surface area (TPSA) is 106 Å². The minimum atomic E-state index is -5.17. The maximum atomic E-state index is 8.52. The quantitative estimate of drug-likeness (QED) is 0.325. The molecule has 0 aliphatic carbocycles. The molecule has 0 heterocycles. The molecule has 1 aromatic carbocycles. The first-order chi connectivity index (χ1) is 5.79. The van der Waals surface area contributed by atoms with Crippen LogP contribution in [-0.4, -0.2) is 17.5 Å². The molecule has 0 amide bonds. The van der Waals surface area contributed by atoms with Crippen molar-refractivity contribution in [2.45, 2.75) is 0 Å². The van der Waals surface area contributed by atoms with Gasteiger partial charge in [-0.15, -0.1) is 0 Å². The third-order valence-corrected chi connectivity index (χ3v) is 1.12. The summed E-state index contributed by atoms with van der Waals surface area (Å²) in [4.78, 5) is 0. The number of rotatable bonds is 0. The molecule has 2 N–H and O–H groups in total. The van der Waals surface area contributed by atoms with Crippen molar-refractivity contribution in [3.05, 3.63) is 29.3 Å². The number of benzene rings is 1. The Kier molecular flexibility index (Phi) is 8.29. The van der Waals surface area contributed by atoms with Crippen molar-refractivity contribution in [3.63, 3.8) is 0 Å². The van der Waals surface area contributed by atoms with Crippen LogP contribution in [0.15, 0.2) is 24.3 Å². The van der Waals surface area contributed by atoms with E-state index in [9.17, 15) is 0 Å². The first-order valence-electron chi connectivity index (χ1n) is 2.97. The Bertz CT molecular complexity index is 324. The van der Waals surface area contributed by atoms with Gasteiger partial charge in [0, 0.05) is 21.1 Å². The molecule has 5 nitrogen and oxygen atoms in total. The summed E-state index contributed by atoms with van der Waals surface area (Å²) in [6, 6.07) is 7.05. The van der Waals surface area contributed by atoms with Crippen molar-refractivity contribution in [1.29, 1.82) is 0 Å². The number of anilines is 1. The Hall–Kier alpha value is -0.197. The van der Waals surface area contributed by atoms with E-state index in [1.54, 1.807) is 24.3 Å². The molecular formula is C6H6ClNO4SZn. The zero-order chi connectivity index (χ0) is 10.5.